The van der Waals surface area contributed by atoms with Crippen molar-refractivity contribution in [3.63, 3.8) is 0 Å². The van der Waals surface area contributed by atoms with Gasteiger partial charge in [-0.2, -0.15) is 0 Å². The highest BCUT2D eigenvalue weighted by Gasteiger charge is 2.71. The summed E-state index contributed by atoms with van der Waals surface area (Å²) < 4.78 is 2.62. The first-order chi connectivity index (χ1) is 21.5. The maximum absolute atomic E-state index is 3.00. The largest absolute Gasteiger partial charge is 0.335 e. The minimum atomic E-state index is 0.0760. The molecule has 3 aliphatic heterocycles. The molecule has 6 unspecified atom stereocenters. The van der Waals surface area contributed by atoms with Gasteiger partial charge in [-0.05, 0) is 103 Å². The first-order valence-electron chi connectivity index (χ1n) is 17.6. The van der Waals surface area contributed by atoms with Crippen molar-refractivity contribution in [2.24, 2.45) is 23.7 Å². The molecular formula is C41H41BN2. The number of aromatic nitrogens is 1. The van der Waals surface area contributed by atoms with Crippen LogP contribution < -0.4 is 21.3 Å². The molecule has 3 heteroatoms. The Hall–Kier alpha value is -3.46. The highest BCUT2D eigenvalue weighted by atomic mass is 15.3. The average molecular weight is 573 g/mol. The van der Waals surface area contributed by atoms with Crippen LogP contribution in [0.1, 0.15) is 76.3 Å². The van der Waals surface area contributed by atoms with E-state index in [2.05, 4.69) is 103 Å². The van der Waals surface area contributed by atoms with Crippen LogP contribution in [-0.2, 0) is 5.41 Å². The lowest BCUT2D eigenvalue weighted by atomic mass is 9.33. The summed E-state index contributed by atoms with van der Waals surface area (Å²) in [5.41, 5.74) is 15.2. The fourth-order valence-corrected chi connectivity index (χ4v) is 12.9. The van der Waals surface area contributed by atoms with E-state index in [-0.39, 0.29) is 17.7 Å². The van der Waals surface area contributed by atoms with Gasteiger partial charge in [-0.3, -0.25) is 0 Å². The van der Waals surface area contributed by atoms with Crippen molar-refractivity contribution in [1.82, 2.24) is 4.57 Å². The fraction of sp³-hybridized carbons (Fsp3) is 0.415. The van der Waals surface area contributed by atoms with E-state index in [0.29, 0.717) is 0 Å². The van der Waals surface area contributed by atoms with E-state index < -0.39 is 0 Å². The number of fused-ring (bicyclic) bond motifs is 15. The second-order valence-corrected chi connectivity index (χ2v) is 15.8. The maximum atomic E-state index is 3.00. The standard InChI is InChI=1S/C41H41BN2/c1-24-22-31-39-33(23-24)42-32-18-10-15-28-27-14-6-9-19-34(27)43(38(28)32)35-20-11-21-36(37(35)42)44(39)41(3)30-17-8-5-13-26(30)25-12-4-7-16-29(25)40(31,41)2/h6,9-11,14-15,18-23,25-26,29-30H,4-5,7-8,12-13,16-17H2,1-3H3. The molecular weight excluding hydrogens is 531 g/mol. The lowest BCUT2D eigenvalue weighted by molar-refractivity contribution is -0.0768. The summed E-state index contributed by atoms with van der Waals surface area (Å²) in [6, 6.07) is 28.8. The Bertz CT molecular complexity index is 2090. The van der Waals surface area contributed by atoms with E-state index in [9.17, 15) is 0 Å². The third-order valence-electron chi connectivity index (χ3n) is 14.4. The zero-order valence-corrected chi connectivity index (χ0v) is 26.4. The van der Waals surface area contributed by atoms with Gasteiger partial charge in [0.15, 0.2) is 0 Å². The van der Waals surface area contributed by atoms with Crippen LogP contribution in [0.2, 0.25) is 0 Å². The Balaban J connectivity index is 1.29. The monoisotopic (exact) mass is 572 g/mol. The number of hydrogen-bond acceptors (Lipinski definition) is 1. The first kappa shape index (κ1) is 24.8. The number of rotatable bonds is 0. The Labute approximate surface area is 261 Å². The van der Waals surface area contributed by atoms with Crippen LogP contribution in [0, 0.1) is 30.6 Å². The Morgan fingerprint density at radius 3 is 2.27 bits per heavy atom. The molecule has 4 aromatic carbocycles. The topological polar surface area (TPSA) is 8.17 Å². The molecule has 0 bridgehead atoms. The van der Waals surface area contributed by atoms with Crippen molar-refractivity contribution in [2.45, 2.75) is 83.1 Å². The highest BCUT2D eigenvalue weighted by molar-refractivity contribution is 7.00. The predicted molar refractivity (Wildman–Crippen MR) is 185 cm³/mol. The summed E-state index contributed by atoms with van der Waals surface area (Å²) >= 11 is 0. The van der Waals surface area contributed by atoms with Crippen molar-refractivity contribution in [3.8, 4) is 5.69 Å². The molecule has 0 N–H and O–H groups in total. The molecule has 0 radical (unpaired) electrons. The van der Waals surface area contributed by atoms with Gasteiger partial charge >= 0.3 is 0 Å². The Kier molecular flexibility index (Phi) is 4.53. The molecule has 6 atom stereocenters. The van der Waals surface area contributed by atoms with Crippen LogP contribution in [0.25, 0.3) is 27.5 Å². The number of nitrogens with zero attached hydrogens (tertiary/aromatic N) is 2. The molecule has 4 heterocycles. The molecule has 3 fully saturated rings. The van der Waals surface area contributed by atoms with Gasteiger partial charge in [0.05, 0.1) is 11.1 Å². The van der Waals surface area contributed by atoms with Crippen molar-refractivity contribution in [2.75, 3.05) is 4.90 Å². The SMILES string of the molecule is Cc1cc2c3c(c1)C1(C)C4CCCCC4C4CCCCC4C1(C)N3c1cccc3c1B2c1cccc2c4ccccc4n-3c12. The summed E-state index contributed by atoms with van der Waals surface area (Å²) in [6.07, 6.45) is 11.4. The van der Waals surface area contributed by atoms with Gasteiger partial charge in [0.25, 0.3) is 6.71 Å². The summed E-state index contributed by atoms with van der Waals surface area (Å²) in [5, 5.41) is 2.76. The zero-order chi connectivity index (χ0) is 29.1. The summed E-state index contributed by atoms with van der Waals surface area (Å²) in [6.45, 7) is 8.15. The fourth-order valence-electron chi connectivity index (χ4n) is 12.9. The maximum Gasteiger partial charge on any atom is 0.252 e. The number of para-hydroxylation sites is 2. The van der Waals surface area contributed by atoms with Gasteiger partial charge in [0.2, 0.25) is 0 Å². The van der Waals surface area contributed by atoms with Gasteiger partial charge in [-0.1, -0.05) is 92.8 Å². The zero-order valence-electron chi connectivity index (χ0n) is 26.4. The molecule has 6 aliphatic rings. The van der Waals surface area contributed by atoms with Crippen molar-refractivity contribution in [1.29, 1.82) is 0 Å². The van der Waals surface area contributed by atoms with Crippen LogP contribution in [0.15, 0.2) is 72.8 Å². The van der Waals surface area contributed by atoms with Crippen molar-refractivity contribution >= 4 is 56.3 Å². The molecule has 11 rings (SSSR count). The van der Waals surface area contributed by atoms with Crippen LogP contribution in [-0.4, -0.2) is 16.8 Å². The van der Waals surface area contributed by atoms with Gasteiger partial charge in [-0.15, -0.1) is 0 Å². The van der Waals surface area contributed by atoms with Crippen molar-refractivity contribution < 1.29 is 0 Å². The van der Waals surface area contributed by atoms with Gasteiger partial charge < -0.3 is 9.47 Å². The molecule has 0 amide bonds. The molecule has 3 aliphatic carbocycles. The predicted octanol–water partition coefficient (Wildman–Crippen LogP) is 8.03. The number of anilines is 2. The molecule has 2 nitrogen and oxygen atoms in total. The smallest absolute Gasteiger partial charge is 0.252 e. The Morgan fingerprint density at radius 2 is 1.41 bits per heavy atom. The molecule has 218 valence electrons. The normalized spacial score (nSPS) is 32.2. The van der Waals surface area contributed by atoms with E-state index in [1.54, 1.807) is 22.2 Å². The van der Waals surface area contributed by atoms with Gasteiger partial charge in [-0.25, -0.2) is 0 Å². The highest BCUT2D eigenvalue weighted by Crippen LogP contribution is 2.71. The van der Waals surface area contributed by atoms with Crippen LogP contribution in [0.5, 0.6) is 0 Å². The summed E-state index contributed by atoms with van der Waals surface area (Å²) in [7, 11) is 0. The molecule has 0 spiro atoms. The third-order valence-corrected chi connectivity index (χ3v) is 14.4. The van der Waals surface area contributed by atoms with Crippen LogP contribution >= 0.6 is 0 Å². The quantitative estimate of drug-likeness (QED) is 0.167. The summed E-state index contributed by atoms with van der Waals surface area (Å²) in [5.74, 6) is 3.27. The molecule has 0 saturated heterocycles. The van der Waals surface area contributed by atoms with Crippen LogP contribution in [0.3, 0.4) is 0 Å². The third kappa shape index (κ3) is 2.53. The second kappa shape index (κ2) is 8.03. The molecule has 3 saturated carbocycles. The van der Waals surface area contributed by atoms with E-state index in [4.69, 9.17) is 0 Å². The number of benzene rings is 4. The van der Waals surface area contributed by atoms with E-state index in [1.807, 2.05) is 0 Å². The summed E-state index contributed by atoms with van der Waals surface area (Å²) in [4.78, 5) is 3.00. The van der Waals surface area contributed by atoms with E-state index >= 15 is 0 Å². The Morgan fingerprint density at radius 1 is 0.705 bits per heavy atom. The first-order valence-corrected chi connectivity index (χ1v) is 17.6. The molecule has 44 heavy (non-hydrogen) atoms. The molecule has 5 aromatic rings. The molecule has 1 aromatic heterocycles. The van der Waals surface area contributed by atoms with E-state index in [0.717, 1.165) is 23.7 Å². The van der Waals surface area contributed by atoms with Gasteiger partial charge in [0, 0.05) is 38.8 Å². The average Bonchev–Trinajstić information content (AvgIpc) is 3.50. The lowest BCUT2D eigenvalue weighted by Crippen LogP contribution is -2.70. The number of aryl methyl sites for hydroxylation is 1. The lowest BCUT2D eigenvalue weighted by Gasteiger charge is -2.66. The second-order valence-electron chi connectivity index (χ2n) is 15.8. The van der Waals surface area contributed by atoms with Gasteiger partial charge in [0.1, 0.15) is 0 Å². The minimum Gasteiger partial charge on any atom is -0.335 e. The van der Waals surface area contributed by atoms with Crippen molar-refractivity contribution in [3.05, 3.63) is 83.9 Å². The van der Waals surface area contributed by atoms with Crippen LogP contribution in [0.4, 0.5) is 11.4 Å². The minimum absolute atomic E-state index is 0.0760. The van der Waals surface area contributed by atoms with E-state index in [1.165, 1.54) is 95.6 Å². The number of hydrogen-bond donors (Lipinski definition) is 0.